The van der Waals surface area contributed by atoms with Gasteiger partial charge >= 0.3 is 0 Å². The second kappa shape index (κ2) is 8.73. The molecule has 0 aliphatic carbocycles. The van der Waals surface area contributed by atoms with E-state index in [-0.39, 0.29) is 42.3 Å². The maximum Gasteiger partial charge on any atom is 0.247 e. The lowest BCUT2D eigenvalue weighted by Gasteiger charge is -2.32. The number of anilines is 1. The fourth-order valence-electron chi connectivity index (χ4n) is 4.49. The molecule has 2 unspecified atom stereocenters. The van der Waals surface area contributed by atoms with Crippen LogP contribution in [-0.4, -0.2) is 46.5 Å². The van der Waals surface area contributed by atoms with E-state index in [0.29, 0.717) is 36.1 Å². The lowest BCUT2D eigenvalue weighted by atomic mass is 9.96. The van der Waals surface area contributed by atoms with E-state index in [1.54, 1.807) is 29.2 Å². The highest BCUT2D eigenvalue weighted by molar-refractivity contribution is 6.00. The summed E-state index contributed by atoms with van der Waals surface area (Å²) in [5.74, 6) is -0.727. The number of carbonyl (C=O) groups excluding carboxylic acids is 2. The van der Waals surface area contributed by atoms with Gasteiger partial charge in [0.2, 0.25) is 23.6 Å². The van der Waals surface area contributed by atoms with Gasteiger partial charge in [0.05, 0.1) is 11.8 Å². The summed E-state index contributed by atoms with van der Waals surface area (Å²) in [6, 6.07) is 11.5. The van der Waals surface area contributed by atoms with Gasteiger partial charge in [-0.3, -0.25) is 9.59 Å². The van der Waals surface area contributed by atoms with Crippen molar-refractivity contribution in [3.63, 3.8) is 0 Å². The van der Waals surface area contributed by atoms with Crippen molar-refractivity contribution >= 4 is 17.5 Å². The third kappa shape index (κ3) is 4.35. The minimum absolute atomic E-state index is 0.0732. The summed E-state index contributed by atoms with van der Waals surface area (Å²) >= 11 is 0. The molecule has 5 rings (SSSR count). The van der Waals surface area contributed by atoms with Gasteiger partial charge in [-0.05, 0) is 61.4 Å². The van der Waals surface area contributed by atoms with Crippen LogP contribution >= 0.6 is 0 Å². The number of halogens is 2. The van der Waals surface area contributed by atoms with Crippen molar-refractivity contribution in [2.24, 2.45) is 5.92 Å². The summed E-state index contributed by atoms with van der Waals surface area (Å²) < 4.78 is 32.2. The Kier molecular flexibility index (Phi) is 5.62. The number of carbonyl (C=O) groups is 2. The smallest absolute Gasteiger partial charge is 0.247 e. The van der Waals surface area contributed by atoms with Crippen molar-refractivity contribution in [1.82, 2.24) is 15.1 Å². The molecular formula is C24H22F2N4O3. The molecule has 0 radical (unpaired) electrons. The average molecular weight is 452 g/mol. The van der Waals surface area contributed by atoms with E-state index in [0.717, 1.165) is 12.8 Å². The van der Waals surface area contributed by atoms with Gasteiger partial charge in [0, 0.05) is 37.3 Å². The zero-order valence-electron chi connectivity index (χ0n) is 17.8. The molecule has 9 heteroatoms. The van der Waals surface area contributed by atoms with Crippen LogP contribution in [0, 0.1) is 17.6 Å². The highest BCUT2D eigenvalue weighted by atomic mass is 19.1. The van der Waals surface area contributed by atoms with Gasteiger partial charge < -0.3 is 14.2 Å². The van der Waals surface area contributed by atoms with E-state index in [9.17, 15) is 18.4 Å². The van der Waals surface area contributed by atoms with Gasteiger partial charge in [0.15, 0.2) is 0 Å². The molecule has 3 heterocycles. The first-order valence-corrected chi connectivity index (χ1v) is 10.9. The number of benzene rings is 2. The van der Waals surface area contributed by atoms with Gasteiger partial charge in [-0.25, -0.2) is 8.78 Å². The highest BCUT2D eigenvalue weighted by Gasteiger charge is 2.39. The maximum atomic E-state index is 13.2. The Hall–Kier alpha value is -3.62. The van der Waals surface area contributed by atoms with Crippen molar-refractivity contribution in [3.05, 3.63) is 66.1 Å². The quantitative estimate of drug-likeness (QED) is 0.602. The zero-order valence-corrected chi connectivity index (χ0v) is 17.8. The largest absolute Gasteiger partial charge is 0.420 e. The molecule has 1 aromatic heterocycles. The Morgan fingerprint density at radius 1 is 0.970 bits per heavy atom. The molecule has 2 aliphatic rings. The van der Waals surface area contributed by atoms with E-state index < -0.39 is 5.92 Å². The normalized spacial score (nSPS) is 21.0. The summed E-state index contributed by atoms with van der Waals surface area (Å²) in [5.41, 5.74) is 1.22. The molecule has 7 nitrogen and oxygen atoms in total. The van der Waals surface area contributed by atoms with E-state index in [1.165, 1.54) is 29.2 Å². The first kappa shape index (κ1) is 21.2. The summed E-state index contributed by atoms with van der Waals surface area (Å²) in [6.45, 7) is 1.32. The number of aromatic nitrogens is 2. The first-order valence-electron chi connectivity index (χ1n) is 10.9. The molecule has 0 N–H and O–H groups in total. The second-order valence-corrected chi connectivity index (χ2v) is 8.46. The average Bonchev–Trinajstić information content (AvgIpc) is 3.47. The predicted molar refractivity (Wildman–Crippen MR) is 115 cm³/mol. The highest BCUT2D eigenvalue weighted by Crippen LogP contribution is 2.31. The third-order valence-corrected chi connectivity index (χ3v) is 6.23. The van der Waals surface area contributed by atoms with Crippen LogP contribution in [0.1, 0.15) is 31.1 Å². The molecule has 2 fully saturated rings. The number of rotatable bonds is 4. The Balaban J connectivity index is 1.25. The monoisotopic (exact) mass is 452 g/mol. The van der Waals surface area contributed by atoms with E-state index >= 15 is 0 Å². The molecule has 2 aromatic carbocycles. The van der Waals surface area contributed by atoms with Crippen molar-refractivity contribution in [2.45, 2.75) is 25.2 Å². The fourth-order valence-corrected chi connectivity index (χ4v) is 4.49. The van der Waals surface area contributed by atoms with E-state index in [1.807, 2.05) is 0 Å². The van der Waals surface area contributed by atoms with Gasteiger partial charge in [0.25, 0.3) is 0 Å². The molecular weight excluding hydrogens is 430 g/mol. The molecule has 2 atom stereocenters. The number of amides is 2. The van der Waals surface area contributed by atoms with Crippen LogP contribution in [0.15, 0.2) is 52.9 Å². The molecule has 2 aliphatic heterocycles. The van der Waals surface area contributed by atoms with Crippen molar-refractivity contribution in [3.8, 4) is 11.5 Å². The number of likely N-dealkylation sites (tertiary alicyclic amines) is 1. The van der Waals surface area contributed by atoms with Crippen LogP contribution in [0.5, 0.6) is 0 Å². The van der Waals surface area contributed by atoms with Crippen LogP contribution in [0.2, 0.25) is 0 Å². The Labute approximate surface area is 189 Å². The van der Waals surface area contributed by atoms with Gasteiger partial charge in [0.1, 0.15) is 11.6 Å². The van der Waals surface area contributed by atoms with Crippen molar-refractivity contribution in [2.75, 3.05) is 24.5 Å². The molecule has 0 saturated carbocycles. The summed E-state index contributed by atoms with van der Waals surface area (Å²) in [6.07, 6.45) is 1.72. The van der Waals surface area contributed by atoms with Crippen molar-refractivity contribution < 1.29 is 22.8 Å². The topological polar surface area (TPSA) is 79.5 Å². The number of piperidine rings is 1. The number of nitrogens with zero attached hydrogens (tertiary/aromatic N) is 4. The predicted octanol–water partition coefficient (Wildman–Crippen LogP) is 3.77. The van der Waals surface area contributed by atoms with Crippen LogP contribution in [-0.2, 0) is 9.59 Å². The van der Waals surface area contributed by atoms with Crippen LogP contribution in [0.4, 0.5) is 14.5 Å². The number of hydrogen-bond acceptors (Lipinski definition) is 5. The Morgan fingerprint density at radius 3 is 2.39 bits per heavy atom. The standard InChI is InChI=1S/C24H22F2N4O3/c25-18-5-3-15(4-6-18)22-27-28-23(33-22)16-2-1-11-29(13-16)24(32)17-12-21(31)30(14-17)20-9-7-19(26)8-10-20/h3-10,16-17H,1-2,11-14H2. The zero-order chi connectivity index (χ0) is 22.9. The molecule has 2 amide bonds. The van der Waals surface area contributed by atoms with Crippen LogP contribution in [0.3, 0.4) is 0 Å². The SMILES string of the molecule is O=C(C1CC(=O)N(c2ccc(F)cc2)C1)N1CCCC(c2nnc(-c3ccc(F)cc3)o2)C1. The Morgan fingerprint density at radius 2 is 1.67 bits per heavy atom. The molecule has 33 heavy (non-hydrogen) atoms. The molecule has 3 aromatic rings. The third-order valence-electron chi connectivity index (χ3n) is 6.23. The van der Waals surface area contributed by atoms with Crippen LogP contribution < -0.4 is 4.90 Å². The molecule has 0 spiro atoms. The summed E-state index contributed by atoms with van der Waals surface area (Å²) in [4.78, 5) is 29.0. The second-order valence-electron chi connectivity index (χ2n) is 8.46. The van der Waals surface area contributed by atoms with Crippen molar-refractivity contribution in [1.29, 1.82) is 0 Å². The molecule has 170 valence electrons. The molecule has 2 saturated heterocycles. The fraction of sp³-hybridized carbons (Fsp3) is 0.333. The summed E-state index contributed by atoms with van der Waals surface area (Å²) in [7, 11) is 0. The van der Waals surface area contributed by atoms with Gasteiger partial charge in [-0.2, -0.15) is 0 Å². The van der Waals surface area contributed by atoms with Gasteiger partial charge in [-0.1, -0.05) is 0 Å². The maximum absolute atomic E-state index is 13.2. The minimum atomic E-state index is -0.446. The minimum Gasteiger partial charge on any atom is -0.420 e. The lowest BCUT2D eigenvalue weighted by molar-refractivity contribution is -0.137. The first-order chi connectivity index (χ1) is 16.0. The van der Waals surface area contributed by atoms with Crippen LogP contribution in [0.25, 0.3) is 11.5 Å². The molecule has 0 bridgehead atoms. The lowest BCUT2D eigenvalue weighted by Crippen LogP contribution is -2.43. The van der Waals surface area contributed by atoms with E-state index in [4.69, 9.17) is 4.42 Å². The summed E-state index contributed by atoms with van der Waals surface area (Å²) in [5, 5.41) is 8.24. The van der Waals surface area contributed by atoms with Gasteiger partial charge in [-0.15, -0.1) is 10.2 Å². The Bertz CT molecular complexity index is 1160. The van der Waals surface area contributed by atoms with E-state index in [2.05, 4.69) is 10.2 Å². The number of hydrogen-bond donors (Lipinski definition) is 0.